The van der Waals surface area contributed by atoms with Crippen LogP contribution in [0.2, 0.25) is 0 Å². The normalized spacial score (nSPS) is 11.2. The molecule has 0 N–H and O–H groups in total. The minimum Gasteiger partial charge on any atom is -0.337 e. The van der Waals surface area contributed by atoms with Crippen molar-refractivity contribution in [3.05, 3.63) is 39.2 Å². The van der Waals surface area contributed by atoms with Crippen LogP contribution < -0.4 is 5.56 Å². The second-order valence-electron chi connectivity index (χ2n) is 5.05. The summed E-state index contributed by atoms with van der Waals surface area (Å²) in [6.07, 6.45) is 2.13. The van der Waals surface area contributed by atoms with Crippen LogP contribution in [0.1, 0.15) is 18.2 Å². The minimum absolute atomic E-state index is 0.115. The van der Waals surface area contributed by atoms with E-state index in [2.05, 4.69) is 14.8 Å². The zero-order chi connectivity index (χ0) is 14.9. The molecule has 2 heterocycles. The van der Waals surface area contributed by atoms with Crippen LogP contribution in [0.3, 0.4) is 0 Å². The second-order valence-corrected chi connectivity index (χ2v) is 5.05. The van der Waals surface area contributed by atoms with Gasteiger partial charge in [-0.2, -0.15) is 9.61 Å². The molecule has 2 aromatic rings. The van der Waals surface area contributed by atoms with Crippen molar-refractivity contribution >= 4 is 11.3 Å². The molecule has 0 atom stereocenters. The van der Waals surface area contributed by atoms with Gasteiger partial charge >= 0.3 is 0 Å². The zero-order valence-corrected chi connectivity index (χ0v) is 12.3. The summed E-state index contributed by atoms with van der Waals surface area (Å²) in [5, 5.41) is 4.08. The van der Waals surface area contributed by atoms with Gasteiger partial charge in [0.25, 0.3) is 5.56 Å². The Labute approximate surface area is 118 Å². The van der Waals surface area contributed by atoms with Crippen LogP contribution in [0.15, 0.2) is 11.0 Å². The van der Waals surface area contributed by atoms with Gasteiger partial charge in [0.2, 0.25) is 5.69 Å². The smallest absolute Gasteiger partial charge is 0.276 e. The van der Waals surface area contributed by atoms with E-state index in [9.17, 15) is 4.79 Å². The molecule has 106 valence electrons. The topological polar surface area (TPSA) is 46.9 Å². The van der Waals surface area contributed by atoms with Crippen LogP contribution in [0, 0.1) is 13.5 Å². The van der Waals surface area contributed by atoms with Crippen LogP contribution in [0.25, 0.3) is 10.5 Å². The van der Waals surface area contributed by atoms with Gasteiger partial charge in [0.1, 0.15) is 5.65 Å². The lowest BCUT2D eigenvalue weighted by Crippen LogP contribution is -2.28. The van der Waals surface area contributed by atoms with E-state index in [4.69, 9.17) is 6.57 Å². The van der Waals surface area contributed by atoms with Gasteiger partial charge < -0.3 is 9.47 Å². The standard InChI is InChI=1S/C14H19N5O/c1-6-11-10(2)18(8-7-17(4)5)13-12(15-3)9-16-19(13)14(11)20/h9H,6-8H2,1-2,4-5H3. The molecular formula is C14H19N5O. The van der Waals surface area contributed by atoms with E-state index in [1.807, 2.05) is 32.5 Å². The van der Waals surface area contributed by atoms with Gasteiger partial charge in [0.15, 0.2) is 0 Å². The molecule has 0 amide bonds. The molecule has 0 bridgehead atoms. The van der Waals surface area contributed by atoms with Crippen LogP contribution >= 0.6 is 0 Å². The fourth-order valence-electron chi connectivity index (χ4n) is 2.40. The van der Waals surface area contributed by atoms with Crippen LogP contribution in [0.5, 0.6) is 0 Å². The molecule has 0 fully saturated rings. The van der Waals surface area contributed by atoms with Crippen molar-refractivity contribution in [2.45, 2.75) is 26.8 Å². The highest BCUT2D eigenvalue weighted by atomic mass is 16.1. The summed E-state index contributed by atoms with van der Waals surface area (Å²) in [5.41, 5.74) is 2.59. The molecule has 2 rings (SSSR count). The maximum absolute atomic E-state index is 12.4. The highest BCUT2D eigenvalue weighted by molar-refractivity contribution is 5.68. The molecule has 0 saturated heterocycles. The number of hydrogen-bond acceptors (Lipinski definition) is 3. The first-order valence-electron chi connectivity index (χ1n) is 6.63. The zero-order valence-electron chi connectivity index (χ0n) is 12.3. The SMILES string of the molecule is [C-]#[N+]c1cnn2c(=O)c(CC)c(C)n(CCN(C)C)c12. The molecular weight excluding hydrogens is 254 g/mol. The van der Waals surface area contributed by atoms with Crippen molar-refractivity contribution in [1.82, 2.24) is 19.1 Å². The lowest BCUT2D eigenvalue weighted by molar-refractivity contribution is 0.382. The molecule has 0 aliphatic carbocycles. The summed E-state index contributed by atoms with van der Waals surface area (Å²) in [7, 11) is 4.00. The van der Waals surface area contributed by atoms with Crippen molar-refractivity contribution in [3.63, 3.8) is 0 Å². The molecule has 0 aliphatic heterocycles. The summed E-state index contributed by atoms with van der Waals surface area (Å²) in [6, 6.07) is 0. The van der Waals surface area contributed by atoms with Crippen LogP contribution in [-0.4, -0.2) is 39.7 Å². The molecule has 0 spiro atoms. The third-order valence-corrected chi connectivity index (χ3v) is 3.52. The summed E-state index contributed by atoms with van der Waals surface area (Å²) in [5.74, 6) is 0. The van der Waals surface area contributed by atoms with Gasteiger partial charge in [0, 0.05) is 24.3 Å². The van der Waals surface area contributed by atoms with E-state index in [1.165, 1.54) is 10.7 Å². The summed E-state index contributed by atoms with van der Waals surface area (Å²) in [4.78, 5) is 17.9. The lowest BCUT2D eigenvalue weighted by atomic mass is 10.2. The Balaban J connectivity index is 2.78. The summed E-state index contributed by atoms with van der Waals surface area (Å²) in [6.45, 7) is 12.7. The average molecular weight is 273 g/mol. The maximum Gasteiger partial charge on any atom is 0.276 e. The second kappa shape index (κ2) is 5.47. The van der Waals surface area contributed by atoms with Crippen LogP contribution in [-0.2, 0) is 13.0 Å². The minimum atomic E-state index is -0.115. The Morgan fingerprint density at radius 2 is 2.15 bits per heavy atom. The van der Waals surface area contributed by atoms with E-state index in [1.54, 1.807) is 0 Å². The first-order valence-corrected chi connectivity index (χ1v) is 6.63. The molecule has 6 heteroatoms. The first-order chi connectivity index (χ1) is 9.51. The van der Waals surface area contributed by atoms with Gasteiger partial charge in [-0.15, -0.1) is 0 Å². The first kappa shape index (κ1) is 14.3. The van der Waals surface area contributed by atoms with Gasteiger partial charge in [-0.1, -0.05) is 6.92 Å². The van der Waals surface area contributed by atoms with Gasteiger partial charge in [-0.05, 0) is 27.4 Å². The Morgan fingerprint density at radius 3 is 2.70 bits per heavy atom. The fraction of sp³-hybridized carbons (Fsp3) is 0.500. The van der Waals surface area contributed by atoms with E-state index in [0.717, 1.165) is 24.3 Å². The maximum atomic E-state index is 12.4. The highest BCUT2D eigenvalue weighted by Gasteiger charge is 2.17. The van der Waals surface area contributed by atoms with Gasteiger partial charge in [-0.3, -0.25) is 4.79 Å². The van der Waals surface area contributed by atoms with Crippen molar-refractivity contribution < 1.29 is 0 Å². The quantitative estimate of drug-likeness (QED) is 0.793. The van der Waals surface area contributed by atoms with Gasteiger partial charge in [-0.25, -0.2) is 4.85 Å². The molecule has 2 aromatic heterocycles. The van der Waals surface area contributed by atoms with Crippen molar-refractivity contribution in [1.29, 1.82) is 0 Å². The molecule has 0 aliphatic rings. The Kier molecular flexibility index (Phi) is 3.91. The van der Waals surface area contributed by atoms with E-state index in [0.29, 0.717) is 17.8 Å². The number of rotatable bonds is 4. The Morgan fingerprint density at radius 1 is 1.45 bits per heavy atom. The van der Waals surface area contributed by atoms with E-state index < -0.39 is 0 Å². The number of aromatic nitrogens is 3. The molecule has 0 radical (unpaired) electrons. The highest BCUT2D eigenvalue weighted by Crippen LogP contribution is 2.21. The number of hydrogen-bond donors (Lipinski definition) is 0. The molecule has 6 nitrogen and oxygen atoms in total. The summed E-state index contributed by atoms with van der Waals surface area (Å²) < 4.78 is 3.38. The predicted octanol–water partition coefficient (Wildman–Crippen LogP) is 1.48. The Bertz CT molecular complexity index is 733. The van der Waals surface area contributed by atoms with Crippen molar-refractivity contribution in [3.8, 4) is 0 Å². The third-order valence-electron chi connectivity index (χ3n) is 3.52. The lowest BCUT2D eigenvalue weighted by Gasteiger charge is -2.18. The monoisotopic (exact) mass is 273 g/mol. The number of fused-ring (bicyclic) bond motifs is 1. The van der Waals surface area contributed by atoms with Gasteiger partial charge in [0.05, 0.1) is 12.8 Å². The summed E-state index contributed by atoms with van der Waals surface area (Å²) >= 11 is 0. The third kappa shape index (κ3) is 2.21. The van der Waals surface area contributed by atoms with Crippen molar-refractivity contribution in [2.24, 2.45) is 0 Å². The van der Waals surface area contributed by atoms with E-state index >= 15 is 0 Å². The number of likely N-dealkylation sites (N-methyl/N-ethyl adjacent to an activating group) is 1. The van der Waals surface area contributed by atoms with Crippen molar-refractivity contribution in [2.75, 3.05) is 20.6 Å². The Hall–Kier alpha value is -2.13. The molecule has 0 aromatic carbocycles. The average Bonchev–Trinajstić information content (AvgIpc) is 2.83. The molecule has 20 heavy (non-hydrogen) atoms. The molecule has 0 saturated carbocycles. The molecule has 0 unspecified atom stereocenters. The van der Waals surface area contributed by atoms with E-state index in [-0.39, 0.29) is 5.56 Å². The number of nitrogens with zero attached hydrogens (tertiary/aromatic N) is 5. The fourth-order valence-corrected chi connectivity index (χ4v) is 2.40. The van der Waals surface area contributed by atoms with Crippen LogP contribution in [0.4, 0.5) is 5.69 Å². The predicted molar refractivity (Wildman–Crippen MR) is 78.4 cm³/mol. The largest absolute Gasteiger partial charge is 0.337 e.